The zero-order chi connectivity index (χ0) is 23.4. The number of hydrogen-bond acceptors (Lipinski definition) is 6. The van der Waals surface area contributed by atoms with Gasteiger partial charge in [0.25, 0.3) is 0 Å². The molecule has 9 heteroatoms. The van der Waals surface area contributed by atoms with Crippen LogP contribution in [0.25, 0.3) is 0 Å². The lowest BCUT2D eigenvalue weighted by atomic mass is 9.97. The van der Waals surface area contributed by atoms with Gasteiger partial charge < -0.3 is 21.1 Å². The topological polar surface area (TPSA) is 132 Å². The number of urea groups is 1. The smallest absolute Gasteiger partial charge is 0.321 e. The highest BCUT2D eigenvalue weighted by Crippen LogP contribution is 2.32. The quantitative estimate of drug-likeness (QED) is 0.505. The average molecular weight is 449 g/mol. The number of aliphatic hydroxyl groups excluding tert-OH is 1. The van der Waals surface area contributed by atoms with Crippen molar-refractivity contribution in [3.8, 4) is 0 Å². The van der Waals surface area contributed by atoms with Crippen molar-refractivity contribution < 1.29 is 14.6 Å². The second kappa shape index (κ2) is 9.83. The minimum Gasteiger partial charge on any atom is -0.396 e. The number of rotatable bonds is 6. The van der Waals surface area contributed by atoms with E-state index in [-0.39, 0.29) is 6.61 Å². The van der Waals surface area contributed by atoms with Crippen LogP contribution in [-0.4, -0.2) is 53.3 Å². The molecule has 0 atom stereocenters. The summed E-state index contributed by atoms with van der Waals surface area (Å²) in [6, 6.07) is 13.2. The van der Waals surface area contributed by atoms with E-state index >= 15 is 0 Å². The number of hydrogen-bond donors (Lipinski definition) is 4. The highest BCUT2D eigenvalue weighted by atomic mass is 16.3. The van der Waals surface area contributed by atoms with Crippen molar-refractivity contribution in [3.63, 3.8) is 0 Å². The number of primary amides is 1. The Labute approximate surface area is 193 Å². The molecule has 2 aromatic carbocycles. The monoisotopic (exact) mass is 448 g/mol. The van der Waals surface area contributed by atoms with Crippen molar-refractivity contribution in [2.24, 2.45) is 27.5 Å². The van der Waals surface area contributed by atoms with E-state index in [0.29, 0.717) is 35.4 Å². The van der Waals surface area contributed by atoms with Gasteiger partial charge in [0.05, 0.1) is 11.4 Å². The van der Waals surface area contributed by atoms with Gasteiger partial charge in [-0.3, -0.25) is 5.73 Å². The van der Waals surface area contributed by atoms with Crippen LogP contribution in [0.15, 0.2) is 52.6 Å². The van der Waals surface area contributed by atoms with E-state index in [1.54, 1.807) is 10.9 Å². The Balaban J connectivity index is 1.57. The lowest BCUT2D eigenvalue weighted by molar-refractivity contribution is -0.546. The van der Waals surface area contributed by atoms with Gasteiger partial charge in [-0.15, -0.1) is 4.68 Å². The predicted octanol–water partition coefficient (Wildman–Crippen LogP) is 2.34. The van der Waals surface area contributed by atoms with Crippen LogP contribution in [0.1, 0.15) is 24.0 Å². The van der Waals surface area contributed by atoms with Gasteiger partial charge in [-0.05, 0) is 49.4 Å². The van der Waals surface area contributed by atoms with Crippen LogP contribution in [0.5, 0.6) is 0 Å². The number of aliphatic hydroxyl groups is 1. The van der Waals surface area contributed by atoms with Gasteiger partial charge in [-0.25, -0.2) is 9.79 Å². The first kappa shape index (κ1) is 22.5. The molecule has 0 saturated carbocycles. The largest absolute Gasteiger partial charge is 0.396 e. The molecule has 2 aromatic rings. The standard InChI is InChI=1S/C24H29N7O2/c1-16-2-4-17(5-3-16)14-31-23(25)22(13-27-31)28-20-7-6-19(12-21(20)29-24(26)33)30-10-8-18(15-32)9-11-30/h2-7,12-13,18,32H,8-11,14-15H2,1H3,(H4,25,26,27,29,33)/p+1. The summed E-state index contributed by atoms with van der Waals surface area (Å²) in [4.78, 5) is 18.5. The molecule has 0 aromatic heterocycles. The van der Waals surface area contributed by atoms with Gasteiger partial charge >= 0.3 is 11.9 Å². The van der Waals surface area contributed by atoms with Crippen LogP contribution in [0.2, 0.25) is 0 Å². The summed E-state index contributed by atoms with van der Waals surface area (Å²) >= 11 is 0. The molecule has 0 bridgehead atoms. The molecule has 4 rings (SSSR count). The van der Waals surface area contributed by atoms with E-state index in [1.165, 1.54) is 5.56 Å². The Hall–Kier alpha value is -3.72. The van der Waals surface area contributed by atoms with Gasteiger partial charge in [0.1, 0.15) is 12.8 Å². The fourth-order valence-electron chi connectivity index (χ4n) is 4.02. The number of nitrogens with one attached hydrogen (secondary N) is 1. The Morgan fingerprint density at radius 1 is 1.24 bits per heavy atom. The maximum absolute atomic E-state index is 11.6. The molecule has 1 fully saturated rings. The van der Waals surface area contributed by atoms with E-state index in [9.17, 15) is 9.90 Å². The summed E-state index contributed by atoms with van der Waals surface area (Å²) in [5, 5.41) is 16.4. The highest BCUT2D eigenvalue weighted by Gasteiger charge is 2.23. The molecule has 172 valence electrons. The van der Waals surface area contributed by atoms with Crippen molar-refractivity contribution in [2.45, 2.75) is 26.3 Å². The molecule has 2 heterocycles. The molecule has 0 spiro atoms. The Bertz CT molecular complexity index is 1110. The number of hydrazone groups is 1. The minimum atomic E-state index is -0.661. The van der Waals surface area contributed by atoms with Gasteiger partial charge in [-0.1, -0.05) is 34.9 Å². The Morgan fingerprint density at radius 2 is 1.97 bits per heavy atom. The number of piperidine rings is 1. The molecular formula is C24H30N7O2+. The first-order valence-electron chi connectivity index (χ1n) is 11.1. The molecule has 2 aliphatic rings. The summed E-state index contributed by atoms with van der Waals surface area (Å²) in [6.45, 7) is 4.49. The summed E-state index contributed by atoms with van der Waals surface area (Å²) in [5.74, 6) is 0.786. The third kappa shape index (κ3) is 5.38. The molecule has 6 N–H and O–H groups in total. The predicted molar refractivity (Wildman–Crippen MR) is 132 cm³/mol. The summed E-state index contributed by atoms with van der Waals surface area (Å²) < 4.78 is 1.70. The second-order valence-electron chi connectivity index (χ2n) is 8.47. The van der Waals surface area contributed by atoms with Crippen LogP contribution in [0.3, 0.4) is 0 Å². The number of amidine groups is 1. The van der Waals surface area contributed by atoms with E-state index in [0.717, 1.165) is 37.2 Å². The summed E-state index contributed by atoms with van der Waals surface area (Å²) in [5.41, 5.74) is 16.6. The molecule has 9 nitrogen and oxygen atoms in total. The zero-order valence-corrected chi connectivity index (χ0v) is 18.7. The fraction of sp³-hybridized carbons (Fsp3) is 0.333. The second-order valence-corrected chi connectivity index (χ2v) is 8.47. The van der Waals surface area contributed by atoms with Crippen LogP contribution >= 0.6 is 0 Å². The number of aliphatic imine (C=N–C) groups is 1. The van der Waals surface area contributed by atoms with Crippen molar-refractivity contribution in [1.29, 1.82) is 0 Å². The molecule has 2 amide bonds. The van der Waals surface area contributed by atoms with Crippen molar-refractivity contribution in [3.05, 3.63) is 53.6 Å². The van der Waals surface area contributed by atoms with E-state index in [2.05, 4.69) is 32.4 Å². The maximum atomic E-state index is 11.6. The molecule has 0 aliphatic carbocycles. The van der Waals surface area contributed by atoms with Gasteiger partial charge in [0.15, 0.2) is 5.71 Å². The number of anilines is 2. The van der Waals surface area contributed by atoms with Crippen molar-refractivity contribution in [2.75, 3.05) is 29.9 Å². The number of carbonyl (C=O) groups is 1. The van der Waals surface area contributed by atoms with E-state index in [4.69, 9.17) is 11.5 Å². The first-order valence-corrected chi connectivity index (χ1v) is 11.1. The van der Waals surface area contributed by atoms with E-state index in [1.807, 2.05) is 37.3 Å². The molecule has 2 aliphatic heterocycles. The molecule has 0 unspecified atom stereocenters. The molecular weight excluding hydrogens is 418 g/mol. The van der Waals surface area contributed by atoms with E-state index < -0.39 is 6.03 Å². The summed E-state index contributed by atoms with van der Waals surface area (Å²) in [7, 11) is 0. The average Bonchev–Trinajstić information content (AvgIpc) is 3.15. The normalized spacial score (nSPS) is 17.8. The number of aryl methyl sites for hydroxylation is 1. The number of nitrogens with zero attached hydrogens (tertiary/aromatic N) is 4. The Kier molecular flexibility index (Phi) is 6.69. The van der Waals surface area contributed by atoms with Gasteiger partial charge in [-0.2, -0.15) is 0 Å². The zero-order valence-electron chi connectivity index (χ0n) is 18.7. The number of benzene rings is 2. The SMILES string of the molecule is Cc1ccc(C[N+]2=C(N)C(=Nc3ccc(N4CCC(CO)CC4)cc3NC(N)=O)C=N2)cc1. The van der Waals surface area contributed by atoms with Crippen LogP contribution in [-0.2, 0) is 6.54 Å². The highest BCUT2D eigenvalue weighted by molar-refractivity contribution is 6.62. The van der Waals surface area contributed by atoms with Crippen molar-refractivity contribution >= 4 is 40.9 Å². The number of amides is 2. The van der Waals surface area contributed by atoms with Gasteiger partial charge in [0.2, 0.25) is 0 Å². The van der Waals surface area contributed by atoms with Crippen LogP contribution < -0.4 is 21.7 Å². The number of carbonyl (C=O) groups excluding carboxylic acids is 1. The fourth-order valence-corrected chi connectivity index (χ4v) is 4.02. The Morgan fingerprint density at radius 3 is 2.64 bits per heavy atom. The lowest BCUT2D eigenvalue weighted by Crippen LogP contribution is -2.34. The van der Waals surface area contributed by atoms with Crippen LogP contribution in [0.4, 0.5) is 21.9 Å². The van der Waals surface area contributed by atoms with Crippen LogP contribution in [0, 0.1) is 12.8 Å². The van der Waals surface area contributed by atoms with Crippen molar-refractivity contribution in [1.82, 2.24) is 0 Å². The molecule has 0 radical (unpaired) electrons. The molecule has 33 heavy (non-hydrogen) atoms. The minimum absolute atomic E-state index is 0.221. The summed E-state index contributed by atoms with van der Waals surface area (Å²) in [6.07, 6.45) is 3.47. The van der Waals surface area contributed by atoms with Gasteiger partial charge in [0, 0.05) is 25.4 Å². The first-order chi connectivity index (χ1) is 15.9. The molecule has 1 saturated heterocycles. The maximum Gasteiger partial charge on any atom is 0.321 e. The third-order valence-electron chi connectivity index (χ3n) is 6.03. The lowest BCUT2D eigenvalue weighted by Gasteiger charge is -2.33. The number of nitrogens with two attached hydrogens (primary N) is 2. The third-order valence-corrected chi connectivity index (χ3v) is 6.03.